The summed E-state index contributed by atoms with van der Waals surface area (Å²) in [6.07, 6.45) is 11.1. The minimum Gasteiger partial charge on any atom is -0.478 e. The maximum Gasteiger partial charge on any atom is 0.184 e. The maximum atomic E-state index is 9.33. The normalized spacial score (nSPS) is 22.7. The van der Waals surface area contributed by atoms with E-state index in [4.69, 9.17) is 4.74 Å². The lowest BCUT2D eigenvalue weighted by Gasteiger charge is -2.17. The summed E-state index contributed by atoms with van der Waals surface area (Å²) in [5.41, 5.74) is -0.348. The van der Waals surface area contributed by atoms with Crippen molar-refractivity contribution in [2.75, 3.05) is 13.2 Å². The first-order valence-corrected chi connectivity index (χ1v) is 7.19. The zero-order chi connectivity index (χ0) is 13.3. The fourth-order valence-electron chi connectivity index (χ4n) is 2.14. The van der Waals surface area contributed by atoms with Crippen molar-refractivity contribution in [1.29, 1.82) is 0 Å². The molecule has 0 aromatic carbocycles. The summed E-state index contributed by atoms with van der Waals surface area (Å²) in [6.45, 7) is 6.41. The molecule has 0 saturated heterocycles. The summed E-state index contributed by atoms with van der Waals surface area (Å²) in [5.74, 6) is 0.844. The highest BCUT2D eigenvalue weighted by molar-refractivity contribution is 5.78. The average Bonchev–Trinajstić information content (AvgIpc) is 2.82. The second kappa shape index (κ2) is 8.30. The fourth-order valence-corrected chi connectivity index (χ4v) is 2.14. The Kier molecular flexibility index (Phi) is 7.02. The fraction of sp³-hybridized carbons (Fsp3) is 0.800. The SMILES string of the molecule is C=CCCCCCCCC1=NC(CC)(CO)CO1. The van der Waals surface area contributed by atoms with E-state index in [9.17, 15) is 5.11 Å². The van der Waals surface area contributed by atoms with Gasteiger partial charge in [0.15, 0.2) is 5.90 Å². The van der Waals surface area contributed by atoms with Crippen molar-refractivity contribution in [3.05, 3.63) is 12.7 Å². The highest BCUT2D eigenvalue weighted by atomic mass is 16.5. The number of rotatable bonds is 10. The molecule has 0 aliphatic carbocycles. The summed E-state index contributed by atoms with van der Waals surface area (Å²) in [7, 11) is 0. The molecular formula is C15H27NO2. The Morgan fingerprint density at radius 1 is 1.33 bits per heavy atom. The molecule has 1 aliphatic rings. The van der Waals surface area contributed by atoms with E-state index in [0.717, 1.165) is 31.6 Å². The topological polar surface area (TPSA) is 41.8 Å². The van der Waals surface area contributed by atoms with Gasteiger partial charge in [0, 0.05) is 6.42 Å². The monoisotopic (exact) mass is 253 g/mol. The number of ether oxygens (including phenoxy) is 1. The molecule has 0 aromatic rings. The van der Waals surface area contributed by atoms with Gasteiger partial charge in [0.25, 0.3) is 0 Å². The lowest BCUT2D eigenvalue weighted by molar-refractivity contribution is 0.153. The lowest BCUT2D eigenvalue weighted by Crippen LogP contribution is -2.31. The summed E-state index contributed by atoms with van der Waals surface area (Å²) in [6, 6.07) is 0. The second-order valence-electron chi connectivity index (χ2n) is 5.13. The summed E-state index contributed by atoms with van der Waals surface area (Å²) < 4.78 is 5.57. The van der Waals surface area contributed by atoms with E-state index in [1.165, 1.54) is 25.7 Å². The van der Waals surface area contributed by atoms with E-state index in [1.807, 2.05) is 13.0 Å². The molecule has 1 N–H and O–H groups in total. The van der Waals surface area contributed by atoms with E-state index in [2.05, 4.69) is 11.6 Å². The number of aliphatic hydroxyl groups excluding tert-OH is 1. The van der Waals surface area contributed by atoms with Crippen molar-refractivity contribution in [1.82, 2.24) is 0 Å². The first-order valence-electron chi connectivity index (χ1n) is 7.19. The molecule has 1 unspecified atom stereocenters. The van der Waals surface area contributed by atoms with Gasteiger partial charge in [0.05, 0.1) is 6.61 Å². The van der Waals surface area contributed by atoms with Crippen molar-refractivity contribution >= 4 is 5.90 Å². The Morgan fingerprint density at radius 2 is 2.06 bits per heavy atom. The number of aliphatic imine (C=N–C) groups is 1. The van der Waals surface area contributed by atoms with Crippen LogP contribution in [0.5, 0.6) is 0 Å². The van der Waals surface area contributed by atoms with E-state index >= 15 is 0 Å². The minimum atomic E-state index is -0.348. The van der Waals surface area contributed by atoms with Gasteiger partial charge in [-0.1, -0.05) is 32.3 Å². The van der Waals surface area contributed by atoms with Crippen LogP contribution < -0.4 is 0 Å². The third-order valence-corrected chi connectivity index (χ3v) is 3.62. The van der Waals surface area contributed by atoms with Gasteiger partial charge in [-0.05, 0) is 25.7 Å². The van der Waals surface area contributed by atoms with Crippen LogP contribution in [0.1, 0.15) is 58.3 Å². The summed E-state index contributed by atoms with van der Waals surface area (Å²) in [4.78, 5) is 4.53. The second-order valence-corrected chi connectivity index (χ2v) is 5.13. The van der Waals surface area contributed by atoms with Crippen LogP contribution in [0, 0.1) is 0 Å². The van der Waals surface area contributed by atoms with Crippen LogP contribution in [-0.2, 0) is 4.74 Å². The third-order valence-electron chi connectivity index (χ3n) is 3.62. The van der Waals surface area contributed by atoms with Crippen LogP contribution in [0.15, 0.2) is 17.6 Å². The van der Waals surface area contributed by atoms with E-state index in [-0.39, 0.29) is 12.1 Å². The van der Waals surface area contributed by atoms with Crippen LogP contribution in [0.3, 0.4) is 0 Å². The molecule has 18 heavy (non-hydrogen) atoms. The highest BCUT2D eigenvalue weighted by Gasteiger charge is 2.33. The van der Waals surface area contributed by atoms with Gasteiger partial charge < -0.3 is 9.84 Å². The Labute approximate surface area is 111 Å². The average molecular weight is 253 g/mol. The largest absolute Gasteiger partial charge is 0.478 e. The van der Waals surface area contributed by atoms with Crippen molar-refractivity contribution in [2.45, 2.75) is 63.8 Å². The molecule has 0 radical (unpaired) electrons. The van der Waals surface area contributed by atoms with Gasteiger partial charge in [-0.15, -0.1) is 6.58 Å². The molecule has 1 heterocycles. The quantitative estimate of drug-likeness (QED) is 0.478. The highest BCUT2D eigenvalue weighted by Crippen LogP contribution is 2.24. The molecule has 0 aromatic heterocycles. The Hall–Kier alpha value is -0.830. The number of nitrogens with zero attached hydrogens (tertiary/aromatic N) is 1. The first kappa shape index (κ1) is 15.2. The van der Waals surface area contributed by atoms with Crippen LogP contribution in [0.4, 0.5) is 0 Å². The van der Waals surface area contributed by atoms with Gasteiger partial charge in [0.1, 0.15) is 12.1 Å². The number of allylic oxidation sites excluding steroid dienone is 1. The van der Waals surface area contributed by atoms with E-state index < -0.39 is 0 Å². The Bertz CT molecular complexity index is 270. The van der Waals surface area contributed by atoms with Gasteiger partial charge in [0.2, 0.25) is 0 Å². The molecule has 1 atom stereocenters. The molecule has 1 rings (SSSR count). The van der Waals surface area contributed by atoms with Crippen LogP contribution in [0.2, 0.25) is 0 Å². The molecule has 3 heteroatoms. The molecule has 0 bridgehead atoms. The van der Waals surface area contributed by atoms with Gasteiger partial charge >= 0.3 is 0 Å². The first-order chi connectivity index (χ1) is 8.76. The molecule has 0 amide bonds. The molecule has 3 nitrogen and oxygen atoms in total. The van der Waals surface area contributed by atoms with Crippen LogP contribution in [-0.4, -0.2) is 29.8 Å². The maximum absolute atomic E-state index is 9.33. The number of hydrogen-bond acceptors (Lipinski definition) is 3. The smallest absolute Gasteiger partial charge is 0.184 e. The number of aliphatic hydroxyl groups is 1. The molecule has 0 saturated carbocycles. The third kappa shape index (κ3) is 4.81. The van der Waals surface area contributed by atoms with Gasteiger partial charge in [-0.2, -0.15) is 0 Å². The number of hydrogen-bond donors (Lipinski definition) is 1. The molecule has 1 aliphatic heterocycles. The van der Waals surface area contributed by atoms with E-state index in [0.29, 0.717) is 6.61 Å². The summed E-state index contributed by atoms with van der Waals surface area (Å²) >= 11 is 0. The zero-order valence-electron chi connectivity index (χ0n) is 11.7. The Morgan fingerprint density at radius 3 is 2.67 bits per heavy atom. The standard InChI is InChI=1S/C15H27NO2/c1-3-5-6-7-8-9-10-11-14-16-15(4-2,12-17)13-18-14/h3,17H,1,4-13H2,2H3. The molecular weight excluding hydrogens is 226 g/mol. The van der Waals surface area contributed by atoms with Crippen molar-refractivity contribution in [2.24, 2.45) is 4.99 Å². The van der Waals surface area contributed by atoms with Crippen molar-refractivity contribution in [3.8, 4) is 0 Å². The predicted octanol–water partition coefficient (Wildman–Crippen LogP) is 3.47. The summed E-state index contributed by atoms with van der Waals surface area (Å²) in [5, 5.41) is 9.33. The van der Waals surface area contributed by atoms with Crippen molar-refractivity contribution in [3.63, 3.8) is 0 Å². The molecule has 104 valence electrons. The minimum absolute atomic E-state index is 0.0918. The lowest BCUT2D eigenvalue weighted by atomic mass is 10.0. The Balaban J connectivity index is 2.11. The molecule has 0 spiro atoms. The van der Waals surface area contributed by atoms with Crippen LogP contribution >= 0.6 is 0 Å². The predicted molar refractivity (Wildman–Crippen MR) is 76.0 cm³/mol. The van der Waals surface area contributed by atoms with Crippen LogP contribution in [0.25, 0.3) is 0 Å². The van der Waals surface area contributed by atoms with Gasteiger partial charge in [-0.3, -0.25) is 0 Å². The molecule has 0 fully saturated rings. The van der Waals surface area contributed by atoms with Gasteiger partial charge in [-0.25, -0.2) is 4.99 Å². The zero-order valence-corrected chi connectivity index (χ0v) is 11.7. The number of unbranched alkanes of at least 4 members (excludes halogenated alkanes) is 5. The van der Waals surface area contributed by atoms with Crippen molar-refractivity contribution < 1.29 is 9.84 Å². The van der Waals surface area contributed by atoms with E-state index in [1.54, 1.807) is 0 Å².